The molecule has 3 aromatic rings. The monoisotopic (exact) mass is 550 g/mol. The van der Waals surface area contributed by atoms with Gasteiger partial charge in [0.1, 0.15) is 6.17 Å². The van der Waals surface area contributed by atoms with Gasteiger partial charge in [-0.15, -0.1) is 0 Å². The maximum absolute atomic E-state index is 13.1. The van der Waals surface area contributed by atoms with Crippen molar-refractivity contribution in [3.63, 3.8) is 0 Å². The molecule has 0 radical (unpaired) electrons. The van der Waals surface area contributed by atoms with Crippen molar-refractivity contribution in [3.05, 3.63) is 107 Å². The summed E-state index contributed by atoms with van der Waals surface area (Å²) in [5.41, 5.74) is -1.11. The number of hydrogen-bond donors (Lipinski definition) is 3. The van der Waals surface area contributed by atoms with E-state index in [1.807, 2.05) is 30.3 Å². The molecular weight excluding hydrogens is 526 g/mol. The van der Waals surface area contributed by atoms with E-state index < -0.39 is 41.6 Å². The van der Waals surface area contributed by atoms with Gasteiger partial charge in [-0.2, -0.15) is 26.3 Å². The third-order valence-corrected chi connectivity index (χ3v) is 6.12. The number of urea groups is 1. The van der Waals surface area contributed by atoms with Gasteiger partial charge in [-0.25, -0.2) is 4.79 Å². The van der Waals surface area contributed by atoms with Crippen LogP contribution in [0.5, 0.6) is 0 Å². The first-order chi connectivity index (χ1) is 18.4. The van der Waals surface area contributed by atoms with Gasteiger partial charge in [-0.3, -0.25) is 9.69 Å². The van der Waals surface area contributed by atoms with Gasteiger partial charge in [0.2, 0.25) is 0 Å². The van der Waals surface area contributed by atoms with Crippen LogP contribution in [0.3, 0.4) is 0 Å². The predicted molar refractivity (Wildman–Crippen MR) is 130 cm³/mol. The van der Waals surface area contributed by atoms with Gasteiger partial charge in [0.05, 0.1) is 17.2 Å². The third-order valence-electron chi connectivity index (χ3n) is 6.12. The normalized spacial score (nSPS) is 15.2. The van der Waals surface area contributed by atoms with E-state index in [0.717, 1.165) is 48.0 Å². The molecular formula is C27H24F6N4O2. The standard InChI is InChI=1S/C27H24F6N4O2/c28-26(29,30)20-11-9-18(10-12-20)23(35-24(38)19-7-4-8-21(13-19)27(31,32)33)36-25(39)34-22-15-37(16-22)14-17-5-2-1-3-6-17/h1-13,22-23H,14-16H2,(H,35,38)(H2,34,36,39). The molecule has 3 amide bonds. The molecule has 4 rings (SSSR count). The molecule has 39 heavy (non-hydrogen) atoms. The molecule has 1 saturated heterocycles. The Labute approximate surface area is 220 Å². The molecule has 3 aromatic carbocycles. The fourth-order valence-electron chi connectivity index (χ4n) is 4.11. The van der Waals surface area contributed by atoms with Crippen molar-refractivity contribution >= 4 is 11.9 Å². The molecule has 12 heteroatoms. The van der Waals surface area contributed by atoms with Crippen LogP contribution < -0.4 is 16.0 Å². The van der Waals surface area contributed by atoms with Crippen LogP contribution in [0.15, 0.2) is 78.9 Å². The summed E-state index contributed by atoms with van der Waals surface area (Å²) in [6.45, 7) is 1.82. The van der Waals surface area contributed by atoms with Crippen LogP contribution >= 0.6 is 0 Å². The van der Waals surface area contributed by atoms with Crippen molar-refractivity contribution in [2.75, 3.05) is 13.1 Å². The Morgan fingerprint density at radius 1 is 0.795 bits per heavy atom. The number of carbonyl (C=O) groups is 2. The fourth-order valence-corrected chi connectivity index (χ4v) is 4.11. The molecule has 6 nitrogen and oxygen atoms in total. The Balaban J connectivity index is 1.43. The molecule has 3 N–H and O–H groups in total. The quantitative estimate of drug-likeness (QED) is 0.275. The number of carbonyl (C=O) groups excluding carboxylic acids is 2. The third kappa shape index (κ3) is 7.50. The lowest BCUT2D eigenvalue weighted by Crippen LogP contribution is -2.61. The Kier molecular flexibility index (Phi) is 8.14. The molecule has 0 bridgehead atoms. The average molecular weight is 551 g/mol. The first-order valence-corrected chi connectivity index (χ1v) is 11.9. The second-order valence-electron chi connectivity index (χ2n) is 9.10. The van der Waals surface area contributed by atoms with E-state index in [0.29, 0.717) is 25.7 Å². The number of alkyl halides is 6. The Morgan fingerprint density at radius 2 is 1.44 bits per heavy atom. The van der Waals surface area contributed by atoms with Gasteiger partial charge in [-0.1, -0.05) is 48.5 Å². The number of rotatable bonds is 7. The largest absolute Gasteiger partial charge is 0.416 e. The predicted octanol–water partition coefficient (Wildman–Crippen LogP) is 5.34. The zero-order valence-electron chi connectivity index (χ0n) is 20.3. The van der Waals surface area contributed by atoms with Gasteiger partial charge in [0, 0.05) is 25.2 Å². The van der Waals surface area contributed by atoms with Gasteiger partial charge in [0.25, 0.3) is 5.91 Å². The lowest BCUT2D eigenvalue weighted by atomic mass is 10.1. The zero-order valence-corrected chi connectivity index (χ0v) is 20.3. The van der Waals surface area contributed by atoms with E-state index in [-0.39, 0.29) is 17.2 Å². The molecule has 0 saturated carbocycles. The summed E-state index contributed by atoms with van der Waals surface area (Å²) < 4.78 is 78.3. The summed E-state index contributed by atoms with van der Waals surface area (Å²) in [7, 11) is 0. The number of hydrogen-bond acceptors (Lipinski definition) is 3. The minimum absolute atomic E-state index is 0.0952. The minimum Gasteiger partial charge on any atom is -0.333 e. The Bertz CT molecular complexity index is 1290. The molecule has 0 aliphatic carbocycles. The topological polar surface area (TPSA) is 73.5 Å². The molecule has 1 heterocycles. The number of likely N-dealkylation sites (tertiary alicyclic amines) is 1. The van der Waals surface area contributed by atoms with Crippen LogP contribution in [-0.2, 0) is 18.9 Å². The van der Waals surface area contributed by atoms with Gasteiger partial charge < -0.3 is 16.0 Å². The SMILES string of the molecule is O=C(NC1CN(Cc2ccccc2)C1)NC(NC(=O)c1cccc(C(F)(F)F)c1)c1ccc(C(F)(F)F)cc1. The zero-order chi connectivity index (χ0) is 28.2. The van der Waals surface area contributed by atoms with E-state index in [1.165, 1.54) is 0 Å². The molecule has 0 spiro atoms. The molecule has 1 atom stereocenters. The molecule has 206 valence electrons. The van der Waals surface area contributed by atoms with Crippen LogP contribution in [0.4, 0.5) is 31.1 Å². The number of nitrogens with zero attached hydrogens (tertiary/aromatic N) is 1. The molecule has 1 aliphatic heterocycles. The summed E-state index contributed by atoms with van der Waals surface area (Å²) >= 11 is 0. The number of benzene rings is 3. The summed E-state index contributed by atoms with van der Waals surface area (Å²) in [6.07, 6.45) is -10.6. The second-order valence-corrected chi connectivity index (χ2v) is 9.10. The summed E-state index contributed by atoms with van der Waals surface area (Å²) in [5.74, 6) is -0.955. The fraction of sp³-hybridized carbons (Fsp3) is 0.259. The highest BCUT2D eigenvalue weighted by Crippen LogP contribution is 2.31. The highest BCUT2D eigenvalue weighted by Gasteiger charge is 2.33. The maximum Gasteiger partial charge on any atom is 0.416 e. The summed E-state index contributed by atoms with van der Waals surface area (Å²) in [4.78, 5) is 27.6. The lowest BCUT2D eigenvalue weighted by molar-refractivity contribution is -0.138. The smallest absolute Gasteiger partial charge is 0.333 e. The van der Waals surface area contributed by atoms with E-state index >= 15 is 0 Å². The van der Waals surface area contributed by atoms with Crippen LogP contribution in [-0.4, -0.2) is 36.0 Å². The van der Waals surface area contributed by atoms with Crippen LogP contribution in [0.25, 0.3) is 0 Å². The van der Waals surface area contributed by atoms with Crippen molar-refractivity contribution in [2.24, 2.45) is 0 Å². The molecule has 1 aliphatic rings. The second kappa shape index (κ2) is 11.4. The summed E-state index contributed by atoms with van der Waals surface area (Å²) in [5, 5.41) is 7.63. The minimum atomic E-state index is -4.68. The molecule has 1 unspecified atom stereocenters. The van der Waals surface area contributed by atoms with Crippen molar-refractivity contribution in [2.45, 2.75) is 31.1 Å². The van der Waals surface area contributed by atoms with Gasteiger partial charge >= 0.3 is 18.4 Å². The van der Waals surface area contributed by atoms with Crippen molar-refractivity contribution in [1.29, 1.82) is 0 Å². The number of halogens is 6. The highest BCUT2D eigenvalue weighted by molar-refractivity contribution is 5.95. The van der Waals surface area contributed by atoms with E-state index in [4.69, 9.17) is 0 Å². The van der Waals surface area contributed by atoms with Crippen molar-refractivity contribution < 1.29 is 35.9 Å². The Hall–Kier alpha value is -4.06. The maximum atomic E-state index is 13.1. The van der Waals surface area contributed by atoms with Crippen LogP contribution in [0.2, 0.25) is 0 Å². The van der Waals surface area contributed by atoms with E-state index in [1.54, 1.807) is 0 Å². The highest BCUT2D eigenvalue weighted by atomic mass is 19.4. The van der Waals surface area contributed by atoms with Crippen molar-refractivity contribution in [1.82, 2.24) is 20.9 Å². The van der Waals surface area contributed by atoms with E-state index in [2.05, 4.69) is 20.9 Å². The lowest BCUT2D eigenvalue weighted by Gasteiger charge is -2.39. The van der Waals surface area contributed by atoms with Crippen LogP contribution in [0.1, 0.15) is 38.8 Å². The van der Waals surface area contributed by atoms with Gasteiger partial charge in [-0.05, 0) is 41.5 Å². The van der Waals surface area contributed by atoms with Crippen LogP contribution in [0, 0.1) is 0 Å². The number of nitrogens with one attached hydrogen (secondary N) is 3. The Morgan fingerprint density at radius 3 is 2.05 bits per heavy atom. The van der Waals surface area contributed by atoms with Crippen molar-refractivity contribution in [3.8, 4) is 0 Å². The van der Waals surface area contributed by atoms with Gasteiger partial charge in [0.15, 0.2) is 0 Å². The molecule has 0 aromatic heterocycles. The number of amides is 3. The van der Waals surface area contributed by atoms with E-state index in [9.17, 15) is 35.9 Å². The first-order valence-electron chi connectivity index (χ1n) is 11.9. The molecule has 1 fully saturated rings. The average Bonchev–Trinajstić information content (AvgIpc) is 2.87. The summed E-state index contributed by atoms with van der Waals surface area (Å²) in [6, 6.07) is 16.2. The first kappa shape index (κ1) is 28.0.